The van der Waals surface area contributed by atoms with Gasteiger partial charge in [0.25, 0.3) is 5.91 Å². The van der Waals surface area contributed by atoms with Crippen LogP contribution in [0.2, 0.25) is 0 Å². The molecule has 18 heavy (non-hydrogen) atoms. The second-order valence-electron chi connectivity index (χ2n) is 4.87. The average molecular weight is 310 g/mol. The molecule has 0 saturated heterocycles. The summed E-state index contributed by atoms with van der Waals surface area (Å²) in [5, 5.41) is 6.16. The standard InChI is InChI=1S/C13H16BrN3O/c1-13(2)10(8-5-4-6-9(14)7-8)16-12(15-3)17-11(13)18/h4-7,10H,1-3H3,(H2,15,16,17,18)/t10-/m1/s1. The van der Waals surface area contributed by atoms with E-state index in [0.717, 1.165) is 10.0 Å². The molecular weight excluding hydrogens is 294 g/mol. The summed E-state index contributed by atoms with van der Waals surface area (Å²) in [4.78, 5) is 16.1. The molecule has 4 nitrogen and oxygen atoms in total. The Labute approximate surface area is 115 Å². The van der Waals surface area contributed by atoms with Crippen LogP contribution in [-0.2, 0) is 4.79 Å². The van der Waals surface area contributed by atoms with E-state index in [9.17, 15) is 4.79 Å². The zero-order chi connectivity index (χ0) is 13.3. The van der Waals surface area contributed by atoms with Crippen LogP contribution in [-0.4, -0.2) is 18.9 Å². The van der Waals surface area contributed by atoms with Crippen molar-refractivity contribution in [2.24, 2.45) is 10.4 Å². The van der Waals surface area contributed by atoms with Crippen molar-refractivity contribution in [2.75, 3.05) is 7.05 Å². The van der Waals surface area contributed by atoms with Crippen molar-refractivity contribution < 1.29 is 4.79 Å². The smallest absolute Gasteiger partial charge is 0.256 e. The van der Waals surface area contributed by atoms with Crippen molar-refractivity contribution >= 4 is 27.8 Å². The molecule has 2 rings (SSSR count). The quantitative estimate of drug-likeness (QED) is 0.836. The normalized spacial score (nSPS) is 22.1. The molecule has 96 valence electrons. The third kappa shape index (κ3) is 2.27. The topological polar surface area (TPSA) is 53.5 Å². The Morgan fingerprint density at radius 1 is 1.44 bits per heavy atom. The molecule has 1 atom stereocenters. The van der Waals surface area contributed by atoms with Gasteiger partial charge in [-0.25, -0.2) is 0 Å². The van der Waals surface area contributed by atoms with Crippen molar-refractivity contribution in [1.82, 2.24) is 10.6 Å². The van der Waals surface area contributed by atoms with Crippen LogP contribution in [0.4, 0.5) is 0 Å². The number of benzene rings is 1. The third-order valence-corrected chi connectivity index (χ3v) is 3.68. The van der Waals surface area contributed by atoms with Crippen LogP contribution in [0.1, 0.15) is 25.5 Å². The van der Waals surface area contributed by atoms with E-state index < -0.39 is 5.41 Å². The lowest BCUT2D eigenvalue weighted by atomic mass is 9.79. The number of nitrogens with one attached hydrogen (secondary N) is 2. The molecule has 1 aliphatic rings. The number of aliphatic imine (C=N–C) groups is 1. The molecule has 1 aliphatic heterocycles. The van der Waals surface area contributed by atoms with Crippen LogP contribution in [0.15, 0.2) is 33.7 Å². The van der Waals surface area contributed by atoms with Crippen LogP contribution in [0.5, 0.6) is 0 Å². The number of amides is 1. The number of hydrogen-bond acceptors (Lipinski definition) is 3. The zero-order valence-electron chi connectivity index (χ0n) is 10.6. The first-order chi connectivity index (χ1) is 8.45. The highest BCUT2D eigenvalue weighted by Crippen LogP contribution is 2.37. The number of carbonyl (C=O) groups excluding carboxylic acids is 1. The highest BCUT2D eigenvalue weighted by atomic mass is 79.9. The number of rotatable bonds is 1. The molecule has 1 heterocycles. The molecule has 0 unspecified atom stereocenters. The van der Waals surface area contributed by atoms with E-state index >= 15 is 0 Å². The van der Waals surface area contributed by atoms with E-state index in [-0.39, 0.29) is 11.9 Å². The molecule has 0 saturated carbocycles. The summed E-state index contributed by atoms with van der Waals surface area (Å²) in [6, 6.07) is 7.87. The van der Waals surface area contributed by atoms with Crippen molar-refractivity contribution in [3.05, 3.63) is 34.3 Å². The van der Waals surface area contributed by atoms with Gasteiger partial charge in [0.1, 0.15) is 0 Å². The maximum Gasteiger partial charge on any atom is 0.256 e. The molecule has 5 heteroatoms. The molecule has 0 spiro atoms. The maximum absolute atomic E-state index is 12.1. The zero-order valence-corrected chi connectivity index (χ0v) is 12.2. The summed E-state index contributed by atoms with van der Waals surface area (Å²) < 4.78 is 0.999. The van der Waals surface area contributed by atoms with E-state index in [0.29, 0.717) is 5.96 Å². The Hall–Kier alpha value is -1.36. The van der Waals surface area contributed by atoms with Gasteiger partial charge < -0.3 is 10.6 Å². The van der Waals surface area contributed by atoms with Crippen LogP contribution in [0.3, 0.4) is 0 Å². The molecular formula is C13H16BrN3O. The number of hydrogen-bond donors (Lipinski definition) is 2. The number of halogens is 1. The second-order valence-corrected chi connectivity index (χ2v) is 5.79. The van der Waals surface area contributed by atoms with Gasteiger partial charge in [0.15, 0.2) is 5.96 Å². The fourth-order valence-electron chi connectivity index (χ4n) is 2.03. The number of carbonyl (C=O) groups is 1. The third-order valence-electron chi connectivity index (χ3n) is 3.19. The minimum Gasteiger partial charge on any atom is -0.359 e. The molecule has 0 bridgehead atoms. The lowest BCUT2D eigenvalue weighted by Gasteiger charge is -2.36. The Bertz CT molecular complexity index is 511. The van der Waals surface area contributed by atoms with Gasteiger partial charge in [-0.2, -0.15) is 4.99 Å². The first-order valence-electron chi connectivity index (χ1n) is 5.78. The maximum atomic E-state index is 12.1. The molecule has 0 radical (unpaired) electrons. The van der Waals surface area contributed by atoms with Crippen molar-refractivity contribution in [3.63, 3.8) is 0 Å². The largest absolute Gasteiger partial charge is 0.359 e. The minimum absolute atomic E-state index is 0.0950. The van der Waals surface area contributed by atoms with Gasteiger partial charge in [0, 0.05) is 11.5 Å². The molecule has 1 aromatic carbocycles. The molecule has 1 aromatic rings. The lowest BCUT2D eigenvalue weighted by Crippen LogP contribution is -2.50. The van der Waals surface area contributed by atoms with Crippen molar-refractivity contribution in [1.29, 1.82) is 0 Å². The first-order valence-corrected chi connectivity index (χ1v) is 6.57. The van der Waals surface area contributed by atoms with Crippen LogP contribution in [0.25, 0.3) is 0 Å². The SMILES string of the molecule is CNC1=NC(=O)C(C)(C)[C@@H](c2cccc(Br)c2)N1. The van der Waals surface area contributed by atoms with E-state index in [1.165, 1.54) is 0 Å². The highest BCUT2D eigenvalue weighted by molar-refractivity contribution is 9.10. The Kier molecular flexibility index (Phi) is 3.43. The Balaban J connectivity index is 2.43. The van der Waals surface area contributed by atoms with Crippen molar-refractivity contribution in [2.45, 2.75) is 19.9 Å². The molecule has 2 N–H and O–H groups in total. The average Bonchev–Trinajstić information content (AvgIpc) is 2.32. The van der Waals surface area contributed by atoms with Crippen LogP contribution in [0, 0.1) is 5.41 Å². The predicted molar refractivity (Wildman–Crippen MR) is 75.3 cm³/mol. The van der Waals surface area contributed by atoms with E-state index in [1.807, 2.05) is 38.1 Å². The van der Waals surface area contributed by atoms with Gasteiger partial charge in [0.2, 0.25) is 0 Å². The second kappa shape index (κ2) is 4.72. The van der Waals surface area contributed by atoms with E-state index in [4.69, 9.17) is 0 Å². The van der Waals surface area contributed by atoms with E-state index in [1.54, 1.807) is 7.05 Å². The fourth-order valence-corrected chi connectivity index (χ4v) is 2.45. The fraction of sp³-hybridized carbons (Fsp3) is 0.385. The minimum atomic E-state index is -0.568. The summed E-state index contributed by atoms with van der Waals surface area (Å²) in [6.07, 6.45) is 0. The van der Waals surface area contributed by atoms with Crippen LogP contribution < -0.4 is 10.6 Å². The highest BCUT2D eigenvalue weighted by Gasteiger charge is 2.41. The summed E-state index contributed by atoms with van der Waals surface area (Å²) in [7, 11) is 1.75. The molecule has 0 aliphatic carbocycles. The van der Waals surface area contributed by atoms with Crippen molar-refractivity contribution in [3.8, 4) is 0 Å². The summed E-state index contributed by atoms with van der Waals surface area (Å²) in [5.41, 5.74) is 0.492. The van der Waals surface area contributed by atoms with Gasteiger partial charge in [-0.05, 0) is 31.5 Å². The predicted octanol–water partition coefficient (Wildman–Crippen LogP) is 2.22. The lowest BCUT2D eigenvalue weighted by molar-refractivity contribution is -0.127. The van der Waals surface area contributed by atoms with Gasteiger partial charge in [-0.3, -0.25) is 4.79 Å². The van der Waals surface area contributed by atoms with Gasteiger partial charge >= 0.3 is 0 Å². The first kappa shape index (κ1) is 13.1. The molecule has 0 aromatic heterocycles. The van der Waals surface area contributed by atoms with Crippen LogP contribution >= 0.6 is 15.9 Å². The Morgan fingerprint density at radius 2 is 2.17 bits per heavy atom. The van der Waals surface area contributed by atoms with Gasteiger partial charge in [0.05, 0.1) is 11.5 Å². The van der Waals surface area contributed by atoms with Gasteiger partial charge in [-0.15, -0.1) is 0 Å². The summed E-state index contributed by atoms with van der Waals surface area (Å²) in [6.45, 7) is 3.81. The number of nitrogens with zero attached hydrogens (tertiary/aromatic N) is 1. The summed E-state index contributed by atoms with van der Waals surface area (Å²) >= 11 is 3.46. The number of guanidine groups is 1. The monoisotopic (exact) mass is 309 g/mol. The molecule has 0 fully saturated rings. The molecule has 1 amide bonds. The van der Waals surface area contributed by atoms with E-state index in [2.05, 4.69) is 31.6 Å². The Morgan fingerprint density at radius 3 is 2.78 bits per heavy atom. The van der Waals surface area contributed by atoms with Gasteiger partial charge in [-0.1, -0.05) is 28.1 Å². The summed E-state index contributed by atoms with van der Waals surface area (Å²) in [5.74, 6) is 0.403.